The van der Waals surface area contributed by atoms with Crippen molar-refractivity contribution >= 4 is 59.6 Å². The minimum Gasteiger partial charge on any atom is -0.465 e. The topological polar surface area (TPSA) is 186 Å². The third-order valence-electron chi connectivity index (χ3n) is 10.2. The minimum absolute atomic E-state index is 0. The second-order valence-electron chi connectivity index (χ2n) is 14.5. The van der Waals surface area contributed by atoms with Gasteiger partial charge >= 0.3 is 12.2 Å². The summed E-state index contributed by atoms with van der Waals surface area (Å²) in [7, 11) is 1.27. The predicted molar refractivity (Wildman–Crippen MR) is 220 cm³/mol. The van der Waals surface area contributed by atoms with E-state index in [-0.39, 0.29) is 60.5 Å². The number of nitrogens with one attached hydrogen (secondary N) is 4. The number of hydrogen-bond acceptors (Lipinski definition) is 7. The van der Waals surface area contributed by atoms with E-state index >= 15 is 0 Å². The Kier molecular flexibility index (Phi) is 15.0. The molecule has 16 heteroatoms. The van der Waals surface area contributed by atoms with Crippen molar-refractivity contribution in [3.63, 3.8) is 0 Å². The van der Waals surface area contributed by atoms with Crippen LogP contribution in [0, 0.1) is 35.5 Å². The van der Waals surface area contributed by atoms with Gasteiger partial charge < -0.3 is 40.2 Å². The molecule has 6 rings (SSSR count). The van der Waals surface area contributed by atoms with Crippen LogP contribution in [-0.4, -0.2) is 91.1 Å². The lowest BCUT2D eigenvalue weighted by Gasteiger charge is -2.29. The van der Waals surface area contributed by atoms with Gasteiger partial charge in [0.05, 0.1) is 37.3 Å². The minimum atomic E-state index is -1.22. The Labute approximate surface area is 344 Å². The Bertz CT molecular complexity index is 2210. The third-order valence-corrected chi connectivity index (χ3v) is 10.2. The van der Waals surface area contributed by atoms with Crippen molar-refractivity contribution in [2.45, 2.75) is 77.5 Å². The van der Waals surface area contributed by atoms with Crippen LogP contribution < -0.4 is 10.6 Å². The normalized spacial score (nSPS) is 17.0. The maximum Gasteiger partial charge on any atom is 0.407 e. The number of rotatable bonds is 9. The van der Waals surface area contributed by atoms with E-state index in [0.29, 0.717) is 30.4 Å². The maximum absolute atomic E-state index is 13.5. The van der Waals surface area contributed by atoms with Gasteiger partial charge in [0.2, 0.25) is 11.8 Å². The molecule has 0 spiro atoms. The number of hydrogen-bond donors (Lipinski definition) is 5. The Morgan fingerprint density at radius 1 is 0.789 bits per heavy atom. The van der Waals surface area contributed by atoms with Crippen LogP contribution in [0.15, 0.2) is 48.8 Å². The van der Waals surface area contributed by atoms with Gasteiger partial charge in [0, 0.05) is 24.2 Å². The average Bonchev–Trinajstić information content (AvgIpc) is 4.00. The number of amides is 4. The van der Waals surface area contributed by atoms with Crippen molar-refractivity contribution in [1.29, 1.82) is 0 Å². The molecule has 0 radical (unpaired) electrons. The number of fused-ring (bicyclic) bond motifs is 1. The van der Waals surface area contributed by atoms with Gasteiger partial charge in [0.25, 0.3) is 0 Å². The number of benzene rings is 2. The molecule has 2 aliphatic heterocycles. The molecule has 57 heavy (non-hydrogen) atoms. The first-order chi connectivity index (χ1) is 26.5. The van der Waals surface area contributed by atoms with Crippen LogP contribution in [0.2, 0.25) is 0 Å². The molecule has 0 bridgehead atoms. The second-order valence-corrected chi connectivity index (χ2v) is 14.5. The first kappa shape index (κ1) is 44.0. The molecule has 2 saturated heterocycles. The smallest absolute Gasteiger partial charge is 0.407 e. The number of likely N-dealkylation sites (tertiary alicyclic amines) is 2. The molecule has 2 aromatic carbocycles. The number of alkyl carbamates (subject to hydrolysis) is 1. The van der Waals surface area contributed by atoms with Gasteiger partial charge in [-0.1, -0.05) is 63.9 Å². The number of halogens is 2. The summed E-state index contributed by atoms with van der Waals surface area (Å²) in [4.78, 5) is 69.6. The predicted octanol–water partition coefficient (Wildman–Crippen LogP) is 6.20. The van der Waals surface area contributed by atoms with Crippen LogP contribution in [0.4, 0.5) is 9.59 Å². The van der Waals surface area contributed by atoms with E-state index in [9.17, 15) is 24.3 Å². The second kappa shape index (κ2) is 19.4. The summed E-state index contributed by atoms with van der Waals surface area (Å²) >= 11 is 0. The van der Waals surface area contributed by atoms with Crippen molar-refractivity contribution in [2.24, 2.45) is 11.8 Å². The van der Waals surface area contributed by atoms with Crippen molar-refractivity contribution in [3.8, 4) is 34.9 Å². The van der Waals surface area contributed by atoms with Crippen LogP contribution in [0.25, 0.3) is 22.0 Å². The van der Waals surface area contributed by atoms with E-state index in [2.05, 4.69) is 54.3 Å². The molecule has 0 saturated carbocycles. The number of ether oxygens (including phenoxy) is 1. The van der Waals surface area contributed by atoms with E-state index in [4.69, 9.17) is 4.74 Å². The number of nitrogens with zero attached hydrogens (tertiary/aromatic N) is 4. The molecular formula is C41H48Cl2N8O6. The Morgan fingerprint density at radius 3 is 1.95 bits per heavy atom. The zero-order chi connectivity index (χ0) is 39.2. The number of carbonyl (C=O) groups excluding carboxylic acids is 3. The summed E-state index contributed by atoms with van der Waals surface area (Å²) in [6.07, 6.45) is 4.60. The molecule has 2 aromatic heterocycles. The van der Waals surface area contributed by atoms with Gasteiger partial charge in [-0.25, -0.2) is 19.6 Å². The van der Waals surface area contributed by atoms with Crippen LogP contribution in [0.5, 0.6) is 0 Å². The van der Waals surface area contributed by atoms with Crippen LogP contribution in [0.3, 0.4) is 0 Å². The molecule has 4 heterocycles. The highest BCUT2D eigenvalue weighted by molar-refractivity contribution is 5.99. The molecule has 5 N–H and O–H groups in total. The standard InChI is InChI=1S/C41H46N8O6.2ClH/c1-24(2)34(46-40(52)53)38(50)49-21-11-17-33(49)37-43-23-31(45-37)30-19-18-26(28-14-8-9-15-29(28)30)12-6-7-13-27-22-42-36(44-27)32-16-10-20-48(32)39(51)35(25(3)4)47-41(54)55-5;;/h8-9,14-15,18-19,22-25,32-35,46H,10-11,16-17,20-21H2,1-5H3,(H,42,44)(H,43,45)(H,47,54)(H,52,53);2*1H/t32-,33-,34-,35-;;/m0../s1. The fourth-order valence-electron chi connectivity index (χ4n) is 7.39. The summed E-state index contributed by atoms with van der Waals surface area (Å²) in [6, 6.07) is 9.79. The van der Waals surface area contributed by atoms with Gasteiger partial charge in [-0.2, -0.15) is 0 Å². The number of imidazole rings is 2. The van der Waals surface area contributed by atoms with Crippen molar-refractivity contribution in [3.05, 3.63) is 71.7 Å². The van der Waals surface area contributed by atoms with Crippen molar-refractivity contribution < 1.29 is 29.0 Å². The molecule has 302 valence electrons. The zero-order valence-electron chi connectivity index (χ0n) is 32.4. The molecule has 0 aliphatic carbocycles. The highest BCUT2D eigenvalue weighted by Gasteiger charge is 2.38. The molecular weight excluding hydrogens is 771 g/mol. The first-order valence-electron chi connectivity index (χ1n) is 18.6. The lowest BCUT2D eigenvalue weighted by Crippen LogP contribution is -2.51. The number of aromatic amines is 2. The molecule has 4 amide bonds. The Hall–Kier alpha value is -5.70. The van der Waals surface area contributed by atoms with E-state index in [1.165, 1.54) is 7.11 Å². The summed E-state index contributed by atoms with van der Waals surface area (Å²) in [5.41, 5.74) is 3.11. The van der Waals surface area contributed by atoms with E-state index in [0.717, 1.165) is 53.3 Å². The van der Waals surface area contributed by atoms with Crippen LogP contribution in [0.1, 0.15) is 88.4 Å². The summed E-state index contributed by atoms with van der Waals surface area (Å²) < 4.78 is 4.73. The number of aromatic nitrogens is 4. The lowest BCUT2D eigenvalue weighted by atomic mass is 9.98. The lowest BCUT2D eigenvalue weighted by molar-refractivity contribution is -0.136. The van der Waals surface area contributed by atoms with E-state index in [1.807, 2.05) is 64.1 Å². The molecule has 2 fully saturated rings. The monoisotopic (exact) mass is 818 g/mol. The van der Waals surface area contributed by atoms with Crippen molar-refractivity contribution in [1.82, 2.24) is 40.4 Å². The Balaban J connectivity index is 0.00000360. The quantitative estimate of drug-likeness (QED) is 0.124. The fourth-order valence-corrected chi connectivity index (χ4v) is 7.39. The van der Waals surface area contributed by atoms with E-state index < -0.39 is 24.3 Å². The fraction of sp³-hybridized carbons (Fsp3) is 0.415. The maximum atomic E-state index is 13.5. The van der Waals surface area contributed by atoms with Gasteiger partial charge in [-0.3, -0.25) is 9.59 Å². The van der Waals surface area contributed by atoms with Crippen LogP contribution in [-0.2, 0) is 14.3 Å². The number of methoxy groups -OCH3 is 1. The molecule has 0 unspecified atom stereocenters. The largest absolute Gasteiger partial charge is 0.465 e. The zero-order valence-corrected chi connectivity index (χ0v) is 34.1. The van der Waals surface area contributed by atoms with Gasteiger partial charge in [0.15, 0.2) is 0 Å². The van der Waals surface area contributed by atoms with E-state index in [1.54, 1.807) is 22.2 Å². The molecule has 4 atom stereocenters. The summed E-state index contributed by atoms with van der Waals surface area (Å²) in [5.74, 6) is 12.7. The van der Waals surface area contributed by atoms with Crippen LogP contribution >= 0.6 is 24.8 Å². The molecule has 4 aromatic rings. The number of carboxylic acid groups (broad SMARTS) is 1. The number of H-pyrrole nitrogens is 2. The SMILES string of the molecule is COC(=O)N[C@H](C(=O)N1CCC[C@H]1c1ncc(C#CC#Cc2ccc(-c3cnc([C@@H]4CCCN4C(=O)[C@@H](NC(=O)O)C(C)C)[nH]3)c3ccccc23)[nH]1)C(C)C.Cl.Cl. The summed E-state index contributed by atoms with van der Waals surface area (Å²) in [6.45, 7) is 8.49. The van der Waals surface area contributed by atoms with Gasteiger partial charge in [-0.05, 0) is 72.1 Å². The molecule has 2 aliphatic rings. The highest BCUT2D eigenvalue weighted by atomic mass is 35.5. The summed E-state index contributed by atoms with van der Waals surface area (Å²) in [5, 5.41) is 16.3. The number of carbonyl (C=O) groups is 4. The Morgan fingerprint density at radius 2 is 1.35 bits per heavy atom. The highest BCUT2D eigenvalue weighted by Crippen LogP contribution is 2.35. The third kappa shape index (κ3) is 9.82. The average molecular weight is 820 g/mol. The van der Waals surface area contributed by atoms with Gasteiger partial charge in [0.1, 0.15) is 29.4 Å². The first-order valence-corrected chi connectivity index (χ1v) is 18.6. The molecule has 14 nitrogen and oxygen atoms in total. The van der Waals surface area contributed by atoms with Gasteiger partial charge in [-0.15, -0.1) is 24.8 Å². The van der Waals surface area contributed by atoms with Crippen molar-refractivity contribution in [2.75, 3.05) is 20.2 Å².